The smallest absolute Gasteiger partial charge is 0.303 e. The van der Waals surface area contributed by atoms with E-state index in [1.807, 2.05) is 73.7 Å². The van der Waals surface area contributed by atoms with Crippen LogP contribution in [0.5, 0.6) is 0 Å². The molecular formula is C28H27NO4S. The maximum atomic E-state index is 10.8. The van der Waals surface area contributed by atoms with Gasteiger partial charge >= 0.3 is 5.97 Å². The van der Waals surface area contributed by atoms with E-state index in [2.05, 4.69) is 17.3 Å². The van der Waals surface area contributed by atoms with Gasteiger partial charge in [0, 0.05) is 29.7 Å². The van der Waals surface area contributed by atoms with Gasteiger partial charge in [-0.05, 0) is 35.6 Å². The molecule has 174 valence electrons. The van der Waals surface area contributed by atoms with Crippen molar-refractivity contribution in [2.24, 2.45) is 0 Å². The number of rotatable bonds is 10. The monoisotopic (exact) mass is 473 g/mol. The number of benzene rings is 3. The lowest BCUT2D eigenvalue weighted by Crippen LogP contribution is -2.07. The van der Waals surface area contributed by atoms with E-state index in [1.54, 1.807) is 0 Å². The second-order valence-electron chi connectivity index (χ2n) is 8.20. The lowest BCUT2D eigenvalue weighted by atomic mass is 9.99. The SMILES string of the molecule is Cc1noc(-c2ccc(-c3ccc(CCC(=O)O)cc3)cc2)c1C[C@@H](O)SCc1ccccc1. The number of aliphatic carboxylic acids is 1. The Labute approximate surface area is 203 Å². The van der Waals surface area contributed by atoms with Crippen molar-refractivity contribution >= 4 is 17.7 Å². The van der Waals surface area contributed by atoms with Crippen LogP contribution in [0.25, 0.3) is 22.5 Å². The van der Waals surface area contributed by atoms with Gasteiger partial charge < -0.3 is 14.7 Å². The lowest BCUT2D eigenvalue weighted by Gasteiger charge is -2.11. The molecule has 0 fully saturated rings. The fourth-order valence-electron chi connectivity index (χ4n) is 3.79. The Morgan fingerprint density at radius 2 is 1.53 bits per heavy atom. The summed E-state index contributed by atoms with van der Waals surface area (Å²) in [5, 5.41) is 23.6. The third-order valence-electron chi connectivity index (χ3n) is 5.71. The fourth-order valence-corrected chi connectivity index (χ4v) is 4.65. The van der Waals surface area contributed by atoms with Crippen LogP contribution in [0.4, 0.5) is 0 Å². The van der Waals surface area contributed by atoms with Crippen LogP contribution in [0, 0.1) is 6.92 Å². The van der Waals surface area contributed by atoms with Gasteiger partial charge in [-0.3, -0.25) is 4.79 Å². The number of aliphatic hydroxyl groups excluding tert-OH is 1. The molecular weight excluding hydrogens is 446 g/mol. The molecule has 3 aromatic carbocycles. The average molecular weight is 474 g/mol. The topological polar surface area (TPSA) is 83.6 Å². The van der Waals surface area contributed by atoms with E-state index in [9.17, 15) is 9.90 Å². The fraction of sp³-hybridized carbons (Fsp3) is 0.214. The zero-order chi connectivity index (χ0) is 23.9. The largest absolute Gasteiger partial charge is 0.481 e. The van der Waals surface area contributed by atoms with Gasteiger partial charge in [0.15, 0.2) is 5.76 Å². The number of nitrogens with zero attached hydrogens (tertiary/aromatic N) is 1. The second-order valence-corrected chi connectivity index (χ2v) is 9.37. The van der Waals surface area contributed by atoms with E-state index in [0.717, 1.165) is 39.3 Å². The summed E-state index contributed by atoms with van der Waals surface area (Å²) in [6.45, 7) is 1.90. The van der Waals surface area contributed by atoms with Crippen molar-refractivity contribution in [3.05, 3.63) is 101 Å². The first-order valence-corrected chi connectivity index (χ1v) is 12.2. The number of carbonyl (C=O) groups is 1. The summed E-state index contributed by atoms with van der Waals surface area (Å²) in [5.41, 5.74) is 6.37. The van der Waals surface area contributed by atoms with Gasteiger partial charge in [0.25, 0.3) is 0 Å². The molecule has 4 aromatic rings. The van der Waals surface area contributed by atoms with Crippen molar-refractivity contribution < 1.29 is 19.5 Å². The second kappa shape index (κ2) is 11.2. The van der Waals surface area contributed by atoms with Crippen LogP contribution in [-0.4, -0.2) is 26.8 Å². The Hall–Kier alpha value is -3.35. The average Bonchev–Trinajstić information content (AvgIpc) is 3.22. The van der Waals surface area contributed by atoms with Crippen LogP contribution in [0.1, 0.15) is 28.8 Å². The van der Waals surface area contributed by atoms with Crippen LogP contribution < -0.4 is 0 Å². The predicted molar refractivity (Wildman–Crippen MR) is 136 cm³/mol. The van der Waals surface area contributed by atoms with Crippen LogP contribution in [-0.2, 0) is 23.4 Å². The van der Waals surface area contributed by atoms with Crippen LogP contribution >= 0.6 is 11.8 Å². The van der Waals surface area contributed by atoms with Gasteiger partial charge in [0.1, 0.15) is 5.44 Å². The molecule has 1 atom stereocenters. The Bertz CT molecular complexity index is 1220. The Balaban J connectivity index is 1.43. The molecule has 0 spiro atoms. The molecule has 1 heterocycles. The molecule has 0 radical (unpaired) electrons. The molecule has 0 unspecified atom stereocenters. The van der Waals surface area contributed by atoms with Crippen LogP contribution in [0.2, 0.25) is 0 Å². The van der Waals surface area contributed by atoms with Gasteiger partial charge in [-0.2, -0.15) is 0 Å². The van der Waals surface area contributed by atoms with E-state index in [0.29, 0.717) is 18.6 Å². The molecule has 0 aliphatic carbocycles. The van der Waals surface area contributed by atoms with Gasteiger partial charge in [-0.25, -0.2) is 0 Å². The summed E-state index contributed by atoms with van der Waals surface area (Å²) in [6, 6.07) is 26.1. The number of aromatic nitrogens is 1. The molecule has 0 saturated heterocycles. The first kappa shape index (κ1) is 23.8. The Kier molecular flexibility index (Phi) is 7.83. The zero-order valence-electron chi connectivity index (χ0n) is 19.0. The molecule has 0 saturated carbocycles. The molecule has 0 aliphatic heterocycles. The van der Waals surface area contributed by atoms with Crippen LogP contribution in [0.3, 0.4) is 0 Å². The Morgan fingerprint density at radius 1 is 0.912 bits per heavy atom. The highest BCUT2D eigenvalue weighted by atomic mass is 32.2. The molecule has 1 aromatic heterocycles. The minimum atomic E-state index is -0.788. The van der Waals surface area contributed by atoms with Crippen molar-refractivity contribution in [2.75, 3.05) is 0 Å². The number of carboxylic acid groups (broad SMARTS) is 1. The lowest BCUT2D eigenvalue weighted by molar-refractivity contribution is -0.136. The minimum Gasteiger partial charge on any atom is -0.481 e. The first-order valence-electron chi connectivity index (χ1n) is 11.2. The van der Waals surface area contributed by atoms with Gasteiger partial charge in [0.2, 0.25) is 0 Å². The third kappa shape index (κ3) is 6.16. The zero-order valence-corrected chi connectivity index (χ0v) is 19.8. The van der Waals surface area contributed by atoms with Crippen molar-refractivity contribution in [2.45, 2.75) is 37.4 Å². The molecule has 0 aliphatic rings. The highest BCUT2D eigenvalue weighted by molar-refractivity contribution is 7.98. The summed E-state index contributed by atoms with van der Waals surface area (Å²) in [6.07, 6.45) is 1.12. The van der Waals surface area contributed by atoms with Crippen LogP contribution in [0.15, 0.2) is 83.4 Å². The minimum absolute atomic E-state index is 0.131. The van der Waals surface area contributed by atoms with Gasteiger partial charge in [-0.15, -0.1) is 11.8 Å². The van der Waals surface area contributed by atoms with E-state index < -0.39 is 11.4 Å². The summed E-state index contributed by atoms with van der Waals surface area (Å²) < 4.78 is 5.63. The highest BCUT2D eigenvalue weighted by Gasteiger charge is 2.19. The van der Waals surface area contributed by atoms with Gasteiger partial charge in [0.05, 0.1) is 5.69 Å². The maximum absolute atomic E-state index is 10.8. The Morgan fingerprint density at radius 3 is 2.18 bits per heavy atom. The van der Waals surface area contributed by atoms with E-state index in [4.69, 9.17) is 9.63 Å². The van der Waals surface area contributed by atoms with Gasteiger partial charge in [-0.1, -0.05) is 84.0 Å². The molecule has 5 nitrogen and oxygen atoms in total. The predicted octanol–water partition coefficient (Wildman–Crippen LogP) is 6.13. The van der Waals surface area contributed by atoms with Crippen molar-refractivity contribution in [1.29, 1.82) is 0 Å². The quantitative estimate of drug-likeness (QED) is 0.270. The molecule has 34 heavy (non-hydrogen) atoms. The molecule has 0 amide bonds. The number of hydrogen-bond acceptors (Lipinski definition) is 5. The third-order valence-corrected chi connectivity index (χ3v) is 6.76. The molecule has 0 bridgehead atoms. The highest BCUT2D eigenvalue weighted by Crippen LogP contribution is 2.31. The number of carboxylic acids is 1. The molecule has 6 heteroatoms. The maximum Gasteiger partial charge on any atom is 0.303 e. The van der Waals surface area contributed by atoms with E-state index in [1.165, 1.54) is 17.3 Å². The first-order chi connectivity index (χ1) is 16.5. The van der Waals surface area contributed by atoms with E-state index in [-0.39, 0.29) is 6.42 Å². The summed E-state index contributed by atoms with van der Waals surface area (Å²) in [4.78, 5) is 10.8. The summed E-state index contributed by atoms with van der Waals surface area (Å²) in [5.74, 6) is 0.641. The normalized spacial score (nSPS) is 11.9. The van der Waals surface area contributed by atoms with Crippen molar-refractivity contribution in [1.82, 2.24) is 5.16 Å². The number of aryl methyl sites for hydroxylation is 2. The van der Waals surface area contributed by atoms with Crippen molar-refractivity contribution in [3.8, 4) is 22.5 Å². The molecule has 4 rings (SSSR count). The molecule has 2 N–H and O–H groups in total. The standard InChI is InChI=1S/C28H27NO4S/c1-19-25(17-27(32)34-18-21-5-3-2-4-6-21)28(33-29-19)24-14-12-23(13-15-24)22-10-7-20(8-11-22)9-16-26(30)31/h2-8,10-15,27,32H,9,16-18H2,1H3,(H,30,31)/t27-/m0/s1. The van der Waals surface area contributed by atoms with E-state index >= 15 is 0 Å². The number of aliphatic hydroxyl groups is 1. The number of thioether (sulfide) groups is 1. The summed E-state index contributed by atoms with van der Waals surface area (Å²) in [7, 11) is 0. The van der Waals surface area contributed by atoms with Crippen molar-refractivity contribution in [3.63, 3.8) is 0 Å². The number of hydrogen-bond donors (Lipinski definition) is 2. The summed E-state index contributed by atoms with van der Waals surface area (Å²) >= 11 is 1.50.